The molecule has 0 amide bonds. The summed E-state index contributed by atoms with van der Waals surface area (Å²) < 4.78 is 41.4. The van der Waals surface area contributed by atoms with E-state index in [-0.39, 0.29) is 11.2 Å². The molecule has 17 heavy (non-hydrogen) atoms. The van der Waals surface area contributed by atoms with E-state index < -0.39 is 12.6 Å². The Balaban J connectivity index is 2.72. The van der Waals surface area contributed by atoms with Crippen LogP contribution in [0.25, 0.3) is 0 Å². The van der Waals surface area contributed by atoms with Crippen molar-refractivity contribution in [3.63, 3.8) is 0 Å². The predicted molar refractivity (Wildman–Crippen MR) is 64.7 cm³/mol. The van der Waals surface area contributed by atoms with Crippen molar-refractivity contribution in [2.24, 2.45) is 0 Å². The molecule has 1 nitrogen and oxygen atoms in total. The Hall–Kier alpha value is -0.710. The summed E-state index contributed by atoms with van der Waals surface area (Å²) >= 11 is 3.30. The summed E-state index contributed by atoms with van der Waals surface area (Å²) in [6, 6.07) is 5.37. The molecule has 0 bridgehead atoms. The molecule has 0 saturated carbocycles. The van der Waals surface area contributed by atoms with Crippen molar-refractivity contribution in [3.05, 3.63) is 29.3 Å². The molecule has 0 spiro atoms. The molecule has 1 aromatic rings. The van der Waals surface area contributed by atoms with E-state index in [9.17, 15) is 13.2 Å². The van der Waals surface area contributed by atoms with Gasteiger partial charge in [0, 0.05) is 11.2 Å². The molecule has 0 saturated heterocycles. The molecule has 1 rings (SSSR count). The Morgan fingerprint density at radius 2 is 2.00 bits per heavy atom. The fraction of sp³-hybridized carbons (Fsp3) is 0.500. The van der Waals surface area contributed by atoms with Gasteiger partial charge in [0.1, 0.15) is 5.75 Å². The predicted octanol–water partition coefficient (Wildman–Crippen LogP) is 4.78. The summed E-state index contributed by atoms with van der Waals surface area (Å²) in [7, 11) is 1.56. The molecule has 0 aliphatic rings. The summed E-state index contributed by atoms with van der Waals surface area (Å²) in [5.74, 6) is 0.710. The Morgan fingerprint density at radius 1 is 1.35 bits per heavy atom. The number of hydrogen-bond donors (Lipinski definition) is 0. The molecule has 0 fully saturated rings. The first-order chi connectivity index (χ1) is 7.83. The highest BCUT2D eigenvalue weighted by Crippen LogP contribution is 2.35. The molecular weight excluding hydrogens is 297 g/mol. The summed E-state index contributed by atoms with van der Waals surface area (Å²) in [5, 5.41) is 0. The van der Waals surface area contributed by atoms with Gasteiger partial charge in [-0.25, -0.2) is 0 Å². The molecule has 0 heterocycles. The van der Waals surface area contributed by atoms with Gasteiger partial charge in [-0.15, -0.1) is 0 Å². The van der Waals surface area contributed by atoms with E-state index in [2.05, 4.69) is 15.9 Å². The van der Waals surface area contributed by atoms with Crippen LogP contribution in [0.5, 0.6) is 5.75 Å². The first-order valence-electron chi connectivity index (χ1n) is 5.19. The third-order valence-electron chi connectivity index (χ3n) is 2.50. The topological polar surface area (TPSA) is 9.23 Å². The second-order valence-corrected chi connectivity index (χ2v) is 4.95. The molecule has 1 aromatic carbocycles. The number of aryl methyl sites for hydroxylation is 1. The van der Waals surface area contributed by atoms with Crippen molar-refractivity contribution in [2.45, 2.75) is 30.8 Å². The first-order valence-corrected chi connectivity index (χ1v) is 6.10. The number of methoxy groups -OCH3 is 1. The average Bonchev–Trinajstić information content (AvgIpc) is 2.24. The van der Waals surface area contributed by atoms with E-state index in [1.807, 2.05) is 13.0 Å². The summed E-state index contributed by atoms with van der Waals surface area (Å²) in [5.41, 5.74) is 1.79. The molecule has 0 aromatic heterocycles. The van der Waals surface area contributed by atoms with Crippen LogP contribution >= 0.6 is 15.9 Å². The van der Waals surface area contributed by atoms with E-state index in [1.54, 1.807) is 19.2 Å². The molecule has 1 unspecified atom stereocenters. The van der Waals surface area contributed by atoms with Crippen LogP contribution in [0.1, 0.15) is 28.8 Å². The Labute approximate surface area is 107 Å². The van der Waals surface area contributed by atoms with E-state index in [0.29, 0.717) is 5.75 Å². The van der Waals surface area contributed by atoms with Crippen molar-refractivity contribution in [1.82, 2.24) is 0 Å². The highest BCUT2D eigenvalue weighted by molar-refractivity contribution is 9.09. The number of rotatable bonds is 4. The van der Waals surface area contributed by atoms with Crippen molar-refractivity contribution in [3.8, 4) is 5.75 Å². The Morgan fingerprint density at radius 3 is 2.47 bits per heavy atom. The summed E-state index contributed by atoms with van der Waals surface area (Å²) in [6.45, 7) is 1.86. The normalized spacial score (nSPS) is 13.5. The van der Waals surface area contributed by atoms with Gasteiger partial charge in [0.2, 0.25) is 0 Å². The second kappa shape index (κ2) is 5.76. The minimum absolute atomic E-state index is 0.0384. The molecule has 0 aliphatic carbocycles. The molecule has 0 aliphatic heterocycles. The largest absolute Gasteiger partial charge is 0.497 e. The van der Waals surface area contributed by atoms with Gasteiger partial charge in [-0.3, -0.25) is 0 Å². The number of halogens is 4. The van der Waals surface area contributed by atoms with E-state index in [4.69, 9.17) is 4.74 Å². The Bertz CT molecular complexity index is 377. The third-order valence-corrected chi connectivity index (χ3v) is 3.45. The van der Waals surface area contributed by atoms with Gasteiger partial charge in [-0.05, 0) is 36.6 Å². The highest BCUT2D eigenvalue weighted by Gasteiger charge is 2.28. The SMILES string of the molecule is COc1ccc(C(Br)CCC(F)(F)F)c(C)c1. The number of hydrogen-bond acceptors (Lipinski definition) is 1. The number of alkyl halides is 4. The maximum Gasteiger partial charge on any atom is 0.389 e. The Kier molecular flexibility index (Phi) is 4.86. The number of ether oxygens (including phenoxy) is 1. The molecule has 0 radical (unpaired) electrons. The standard InChI is InChI=1S/C12H14BrF3O/c1-8-7-9(17-2)3-4-10(8)11(13)5-6-12(14,15)16/h3-4,7,11H,5-6H2,1-2H3. The lowest BCUT2D eigenvalue weighted by atomic mass is 10.0. The fourth-order valence-electron chi connectivity index (χ4n) is 1.57. The van der Waals surface area contributed by atoms with E-state index >= 15 is 0 Å². The van der Waals surface area contributed by atoms with E-state index in [0.717, 1.165) is 11.1 Å². The molecular formula is C12H14BrF3O. The van der Waals surface area contributed by atoms with Gasteiger partial charge in [-0.1, -0.05) is 22.0 Å². The average molecular weight is 311 g/mol. The van der Waals surface area contributed by atoms with Gasteiger partial charge in [-0.2, -0.15) is 13.2 Å². The third kappa shape index (κ3) is 4.58. The molecule has 96 valence electrons. The van der Waals surface area contributed by atoms with Crippen LogP contribution < -0.4 is 4.74 Å². The first kappa shape index (κ1) is 14.4. The van der Waals surface area contributed by atoms with Crippen LogP contribution in [0.15, 0.2) is 18.2 Å². The monoisotopic (exact) mass is 310 g/mol. The van der Waals surface area contributed by atoms with Crippen LogP contribution in [0.2, 0.25) is 0 Å². The van der Waals surface area contributed by atoms with Crippen molar-refractivity contribution in [1.29, 1.82) is 0 Å². The van der Waals surface area contributed by atoms with Crippen molar-refractivity contribution < 1.29 is 17.9 Å². The lowest BCUT2D eigenvalue weighted by molar-refractivity contribution is -0.135. The minimum atomic E-state index is -4.10. The maximum absolute atomic E-state index is 12.1. The van der Waals surface area contributed by atoms with Gasteiger partial charge >= 0.3 is 6.18 Å². The van der Waals surface area contributed by atoms with Crippen molar-refractivity contribution >= 4 is 15.9 Å². The van der Waals surface area contributed by atoms with Gasteiger partial charge in [0.05, 0.1) is 7.11 Å². The summed E-state index contributed by atoms with van der Waals surface area (Å²) in [4.78, 5) is -0.282. The van der Waals surface area contributed by atoms with Crippen LogP contribution in [-0.4, -0.2) is 13.3 Å². The fourth-order valence-corrected chi connectivity index (χ4v) is 2.32. The maximum atomic E-state index is 12.1. The smallest absolute Gasteiger partial charge is 0.389 e. The molecule has 1 atom stereocenters. The van der Waals surface area contributed by atoms with Crippen LogP contribution in [0.4, 0.5) is 13.2 Å². The van der Waals surface area contributed by atoms with Crippen LogP contribution in [0.3, 0.4) is 0 Å². The molecule has 0 N–H and O–H groups in total. The van der Waals surface area contributed by atoms with Crippen molar-refractivity contribution in [2.75, 3.05) is 7.11 Å². The van der Waals surface area contributed by atoms with Gasteiger partial charge in [0.25, 0.3) is 0 Å². The highest BCUT2D eigenvalue weighted by atomic mass is 79.9. The number of benzene rings is 1. The zero-order valence-electron chi connectivity index (χ0n) is 9.64. The lowest BCUT2D eigenvalue weighted by Gasteiger charge is -2.15. The zero-order valence-corrected chi connectivity index (χ0v) is 11.2. The molecule has 5 heteroatoms. The quantitative estimate of drug-likeness (QED) is 0.727. The second-order valence-electron chi connectivity index (χ2n) is 3.84. The zero-order chi connectivity index (χ0) is 13.1. The minimum Gasteiger partial charge on any atom is -0.497 e. The summed E-state index contributed by atoms with van der Waals surface area (Å²) in [6.07, 6.45) is -4.85. The van der Waals surface area contributed by atoms with Gasteiger partial charge < -0.3 is 4.74 Å². The van der Waals surface area contributed by atoms with E-state index in [1.165, 1.54) is 0 Å². The van der Waals surface area contributed by atoms with Gasteiger partial charge in [0.15, 0.2) is 0 Å². The van der Waals surface area contributed by atoms with Crippen LogP contribution in [-0.2, 0) is 0 Å². The van der Waals surface area contributed by atoms with Crippen LogP contribution in [0, 0.1) is 6.92 Å². The lowest BCUT2D eigenvalue weighted by Crippen LogP contribution is -2.08.